The highest BCUT2D eigenvalue weighted by atomic mass is 16.6. The first kappa shape index (κ1) is 16.0. The van der Waals surface area contributed by atoms with Gasteiger partial charge in [-0.3, -0.25) is 0 Å². The SMILES string of the molecule is CC(CCCOC(=O)C(=O)O)C1CCCC(C)(C)C1. The molecule has 1 N–H and O–H groups in total. The second kappa shape index (κ2) is 6.92. The van der Waals surface area contributed by atoms with Gasteiger partial charge in [0.25, 0.3) is 0 Å². The van der Waals surface area contributed by atoms with E-state index in [9.17, 15) is 9.59 Å². The lowest BCUT2D eigenvalue weighted by molar-refractivity contribution is -0.164. The third kappa shape index (κ3) is 5.62. The quantitative estimate of drug-likeness (QED) is 0.473. The van der Waals surface area contributed by atoms with Crippen LogP contribution in [0, 0.1) is 17.3 Å². The molecule has 0 aromatic carbocycles. The standard InChI is InChI=1S/C15H26O4/c1-11(6-5-9-19-14(18)13(16)17)12-7-4-8-15(2,3)10-12/h11-12H,4-10H2,1-3H3,(H,16,17). The highest BCUT2D eigenvalue weighted by Crippen LogP contribution is 2.42. The number of carboxylic acids is 1. The molecule has 0 heterocycles. The van der Waals surface area contributed by atoms with E-state index >= 15 is 0 Å². The van der Waals surface area contributed by atoms with E-state index in [4.69, 9.17) is 5.11 Å². The minimum Gasteiger partial charge on any atom is -0.473 e. The summed E-state index contributed by atoms with van der Waals surface area (Å²) in [6.45, 7) is 7.14. The van der Waals surface area contributed by atoms with E-state index in [0.717, 1.165) is 18.8 Å². The molecule has 0 spiro atoms. The molecule has 1 aliphatic carbocycles. The largest absolute Gasteiger partial charge is 0.473 e. The van der Waals surface area contributed by atoms with Crippen LogP contribution in [-0.4, -0.2) is 23.7 Å². The summed E-state index contributed by atoms with van der Waals surface area (Å²) in [7, 11) is 0. The first-order valence-corrected chi connectivity index (χ1v) is 7.22. The fourth-order valence-electron chi connectivity index (χ4n) is 3.11. The summed E-state index contributed by atoms with van der Waals surface area (Å²) in [5.74, 6) is -1.30. The minimum atomic E-state index is -1.51. The monoisotopic (exact) mass is 270 g/mol. The Morgan fingerprint density at radius 2 is 2.11 bits per heavy atom. The van der Waals surface area contributed by atoms with Crippen molar-refractivity contribution >= 4 is 11.9 Å². The van der Waals surface area contributed by atoms with E-state index in [1.807, 2.05) is 0 Å². The lowest BCUT2D eigenvalue weighted by Crippen LogP contribution is -2.26. The molecule has 0 aliphatic heterocycles. The van der Waals surface area contributed by atoms with E-state index in [1.165, 1.54) is 25.7 Å². The summed E-state index contributed by atoms with van der Waals surface area (Å²) in [6, 6.07) is 0. The molecule has 4 nitrogen and oxygen atoms in total. The molecule has 1 saturated carbocycles. The van der Waals surface area contributed by atoms with Gasteiger partial charge in [-0.1, -0.05) is 33.6 Å². The second-order valence-corrected chi connectivity index (χ2v) is 6.58. The Balaban J connectivity index is 2.22. The predicted octanol–water partition coefficient (Wildman–Crippen LogP) is 3.25. The van der Waals surface area contributed by atoms with Crippen LogP contribution in [0.4, 0.5) is 0 Å². The van der Waals surface area contributed by atoms with Crippen LogP contribution >= 0.6 is 0 Å². The van der Waals surface area contributed by atoms with Gasteiger partial charge in [0, 0.05) is 0 Å². The predicted molar refractivity (Wildman–Crippen MR) is 72.7 cm³/mol. The van der Waals surface area contributed by atoms with Gasteiger partial charge in [0.15, 0.2) is 0 Å². The van der Waals surface area contributed by atoms with Crippen LogP contribution in [0.5, 0.6) is 0 Å². The van der Waals surface area contributed by atoms with Crippen LogP contribution in [0.25, 0.3) is 0 Å². The van der Waals surface area contributed by atoms with Crippen LogP contribution in [0.2, 0.25) is 0 Å². The molecular weight excluding hydrogens is 244 g/mol. The van der Waals surface area contributed by atoms with Crippen molar-refractivity contribution in [2.24, 2.45) is 17.3 Å². The Morgan fingerprint density at radius 3 is 2.68 bits per heavy atom. The molecule has 4 heteroatoms. The highest BCUT2D eigenvalue weighted by Gasteiger charge is 2.30. The molecule has 0 bridgehead atoms. The van der Waals surface area contributed by atoms with Crippen LogP contribution in [0.15, 0.2) is 0 Å². The summed E-state index contributed by atoms with van der Waals surface area (Å²) in [6.07, 6.45) is 6.91. The average Bonchev–Trinajstić information content (AvgIpc) is 2.32. The average molecular weight is 270 g/mol. The first-order chi connectivity index (χ1) is 8.82. The van der Waals surface area contributed by atoms with Crippen molar-refractivity contribution in [2.75, 3.05) is 6.61 Å². The molecule has 0 radical (unpaired) electrons. The Kier molecular flexibility index (Phi) is 5.83. The number of rotatable bonds is 5. The van der Waals surface area contributed by atoms with Gasteiger partial charge in [-0.05, 0) is 42.9 Å². The van der Waals surface area contributed by atoms with Crippen molar-refractivity contribution in [3.63, 3.8) is 0 Å². The van der Waals surface area contributed by atoms with Gasteiger partial charge >= 0.3 is 11.9 Å². The molecule has 0 aromatic heterocycles. The highest BCUT2D eigenvalue weighted by molar-refractivity contribution is 6.28. The summed E-state index contributed by atoms with van der Waals surface area (Å²) >= 11 is 0. The Bertz CT molecular complexity index is 322. The zero-order chi connectivity index (χ0) is 14.5. The van der Waals surface area contributed by atoms with Gasteiger partial charge in [-0.15, -0.1) is 0 Å². The summed E-state index contributed by atoms with van der Waals surface area (Å²) in [5, 5.41) is 8.38. The van der Waals surface area contributed by atoms with Crippen molar-refractivity contribution in [2.45, 2.75) is 59.3 Å². The molecule has 2 atom stereocenters. The summed E-state index contributed by atoms with van der Waals surface area (Å²) in [5.41, 5.74) is 0.451. The third-order valence-electron chi connectivity index (χ3n) is 4.26. The van der Waals surface area contributed by atoms with Crippen LogP contribution in [0.1, 0.15) is 59.3 Å². The van der Waals surface area contributed by atoms with E-state index in [-0.39, 0.29) is 6.61 Å². The fourth-order valence-corrected chi connectivity index (χ4v) is 3.11. The Labute approximate surface area is 115 Å². The molecule has 1 rings (SSSR count). The Morgan fingerprint density at radius 1 is 1.42 bits per heavy atom. The van der Waals surface area contributed by atoms with E-state index in [2.05, 4.69) is 25.5 Å². The molecule has 1 fully saturated rings. The van der Waals surface area contributed by atoms with Gasteiger partial charge < -0.3 is 9.84 Å². The van der Waals surface area contributed by atoms with Gasteiger partial charge in [0.05, 0.1) is 6.61 Å². The number of esters is 1. The molecule has 110 valence electrons. The normalized spacial score (nSPS) is 23.6. The number of ether oxygens (including phenoxy) is 1. The maximum atomic E-state index is 10.8. The van der Waals surface area contributed by atoms with Crippen molar-refractivity contribution in [1.29, 1.82) is 0 Å². The molecule has 0 aromatic rings. The number of carboxylic acid groups (broad SMARTS) is 1. The lowest BCUT2D eigenvalue weighted by Gasteiger charge is -2.38. The smallest absolute Gasteiger partial charge is 0.417 e. The number of carbonyl (C=O) groups excluding carboxylic acids is 1. The van der Waals surface area contributed by atoms with Gasteiger partial charge in [0.2, 0.25) is 0 Å². The zero-order valence-corrected chi connectivity index (χ0v) is 12.3. The van der Waals surface area contributed by atoms with Crippen molar-refractivity contribution < 1.29 is 19.4 Å². The van der Waals surface area contributed by atoms with E-state index < -0.39 is 11.9 Å². The van der Waals surface area contributed by atoms with Crippen molar-refractivity contribution in [1.82, 2.24) is 0 Å². The van der Waals surface area contributed by atoms with Crippen LogP contribution in [0.3, 0.4) is 0 Å². The number of hydrogen-bond donors (Lipinski definition) is 1. The van der Waals surface area contributed by atoms with Crippen molar-refractivity contribution in [3.05, 3.63) is 0 Å². The minimum absolute atomic E-state index is 0.214. The van der Waals surface area contributed by atoms with Crippen LogP contribution in [-0.2, 0) is 14.3 Å². The molecule has 19 heavy (non-hydrogen) atoms. The maximum absolute atomic E-state index is 10.8. The van der Waals surface area contributed by atoms with Crippen molar-refractivity contribution in [3.8, 4) is 0 Å². The Hall–Kier alpha value is -1.06. The maximum Gasteiger partial charge on any atom is 0.417 e. The summed E-state index contributed by atoms with van der Waals surface area (Å²) < 4.78 is 4.64. The van der Waals surface area contributed by atoms with Crippen LogP contribution < -0.4 is 0 Å². The second-order valence-electron chi connectivity index (χ2n) is 6.58. The number of aliphatic carboxylic acids is 1. The molecule has 0 amide bonds. The summed E-state index contributed by atoms with van der Waals surface area (Å²) in [4.78, 5) is 21.0. The first-order valence-electron chi connectivity index (χ1n) is 7.22. The lowest BCUT2D eigenvalue weighted by atomic mass is 9.68. The molecule has 0 saturated heterocycles. The number of carbonyl (C=O) groups is 2. The molecule has 1 aliphatic rings. The van der Waals surface area contributed by atoms with Gasteiger partial charge in [-0.2, -0.15) is 0 Å². The molecule has 2 unspecified atom stereocenters. The topological polar surface area (TPSA) is 63.6 Å². The van der Waals surface area contributed by atoms with E-state index in [0.29, 0.717) is 11.3 Å². The fraction of sp³-hybridized carbons (Fsp3) is 0.867. The third-order valence-corrected chi connectivity index (χ3v) is 4.26. The van der Waals surface area contributed by atoms with Gasteiger partial charge in [-0.25, -0.2) is 9.59 Å². The van der Waals surface area contributed by atoms with Gasteiger partial charge in [0.1, 0.15) is 0 Å². The molecular formula is C15H26O4. The zero-order valence-electron chi connectivity index (χ0n) is 12.3. The van der Waals surface area contributed by atoms with E-state index in [1.54, 1.807) is 0 Å². The number of hydrogen-bond acceptors (Lipinski definition) is 3.